The van der Waals surface area contributed by atoms with E-state index in [4.69, 9.17) is 0 Å². The molecule has 0 spiro atoms. The van der Waals surface area contributed by atoms with Crippen LogP contribution >= 0.6 is 0 Å². The van der Waals surface area contributed by atoms with Crippen LogP contribution in [0.4, 0.5) is 20.2 Å². The number of hydrogen-bond donors (Lipinski definition) is 2. The molecule has 5 nitrogen and oxygen atoms in total. The van der Waals surface area contributed by atoms with Gasteiger partial charge in [-0.15, -0.1) is 0 Å². The van der Waals surface area contributed by atoms with E-state index in [2.05, 4.69) is 44.8 Å². The molecule has 28 heavy (non-hydrogen) atoms. The number of aliphatic imine (C=N–C) groups is 1. The molecule has 1 atom stereocenters. The summed E-state index contributed by atoms with van der Waals surface area (Å²) in [6.45, 7) is 2.01. The Morgan fingerprint density at radius 2 is 1.93 bits per heavy atom. The first-order valence-corrected chi connectivity index (χ1v) is 9.39. The van der Waals surface area contributed by atoms with Gasteiger partial charge in [-0.25, -0.2) is 8.78 Å². The smallest absolute Gasteiger partial charge is 0.191 e. The second-order valence-electron chi connectivity index (χ2n) is 7.16. The quantitative estimate of drug-likeness (QED) is 0.612. The van der Waals surface area contributed by atoms with Crippen LogP contribution < -0.4 is 20.4 Å². The normalized spacial score (nSPS) is 17.0. The zero-order valence-corrected chi connectivity index (χ0v) is 16.5. The molecule has 1 heterocycles. The second-order valence-corrected chi connectivity index (χ2v) is 7.16. The second kappa shape index (κ2) is 8.91. The summed E-state index contributed by atoms with van der Waals surface area (Å²) in [4.78, 5) is 8.28. The van der Waals surface area contributed by atoms with Crippen LogP contribution in [0.15, 0.2) is 47.5 Å². The van der Waals surface area contributed by atoms with E-state index in [1.807, 2.05) is 19.0 Å². The SMILES string of the molecule is CN=C(NCc1ccc(N(C)C)cc1)NC1CCN(c2ccc(F)cc2F)C1. The van der Waals surface area contributed by atoms with Gasteiger partial charge >= 0.3 is 0 Å². The first-order chi connectivity index (χ1) is 13.5. The Hall–Kier alpha value is -2.83. The summed E-state index contributed by atoms with van der Waals surface area (Å²) in [5.41, 5.74) is 2.76. The molecule has 1 aliphatic heterocycles. The number of halogens is 2. The third-order valence-electron chi connectivity index (χ3n) is 4.92. The minimum absolute atomic E-state index is 0.145. The standard InChI is InChI=1S/C21H27F2N5/c1-24-21(25-13-15-4-7-18(8-5-15)27(2)3)26-17-10-11-28(14-17)20-9-6-16(22)12-19(20)23/h4-9,12,17H,10-11,13-14H2,1-3H3,(H2,24,25,26). The zero-order valence-electron chi connectivity index (χ0n) is 16.5. The van der Waals surface area contributed by atoms with Gasteiger partial charge in [0, 0.05) is 58.6 Å². The van der Waals surface area contributed by atoms with Crippen molar-refractivity contribution in [2.24, 2.45) is 4.99 Å². The van der Waals surface area contributed by atoms with Gasteiger partial charge in [0.15, 0.2) is 5.96 Å². The lowest BCUT2D eigenvalue weighted by Gasteiger charge is -2.21. The van der Waals surface area contributed by atoms with E-state index in [-0.39, 0.29) is 6.04 Å². The number of nitrogens with zero attached hydrogens (tertiary/aromatic N) is 3. The van der Waals surface area contributed by atoms with Gasteiger partial charge < -0.3 is 20.4 Å². The van der Waals surface area contributed by atoms with E-state index >= 15 is 0 Å². The van der Waals surface area contributed by atoms with Crippen molar-refractivity contribution in [3.05, 3.63) is 59.7 Å². The molecule has 0 bridgehead atoms. The average molecular weight is 387 g/mol. The molecule has 0 aromatic heterocycles. The number of rotatable bonds is 5. The minimum Gasteiger partial charge on any atom is -0.378 e. The first kappa shape index (κ1) is 19.9. The highest BCUT2D eigenvalue weighted by atomic mass is 19.1. The number of benzene rings is 2. The van der Waals surface area contributed by atoms with Crippen molar-refractivity contribution in [2.45, 2.75) is 19.0 Å². The summed E-state index contributed by atoms with van der Waals surface area (Å²) >= 11 is 0. The van der Waals surface area contributed by atoms with Gasteiger partial charge in [0.2, 0.25) is 0 Å². The zero-order chi connectivity index (χ0) is 20.1. The Morgan fingerprint density at radius 1 is 1.18 bits per heavy atom. The Balaban J connectivity index is 1.52. The van der Waals surface area contributed by atoms with Crippen molar-refractivity contribution in [2.75, 3.05) is 44.0 Å². The number of guanidine groups is 1. The van der Waals surface area contributed by atoms with Crippen molar-refractivity contribution >= 4 is 17.3 Å². The van der Waals surface area contributed by atoms with E-state index in [1.54, 1.807) is 7.05 Å². The summed E-state index contributed by atoms with van der Waals surface area (Å²) in [6.07, 6.45) is 0.856. The fourth-order valence-corrected chi connectivity index (χ4v) is 3.32. The van der Waals surface area contributed by atoms with Gasteiger partial charge in [-0.3, -0.25) is 4.99 Å². The number of nitrogens with one attached hydrogen (secondary N) is 2. The molecule has 1 aliphatic rings. The predicted octanol–water partition coefficient (Wildman–Crippen LogP) is 2.97. The van der Waals surface area contributed by atoms with E-state index in [0.29, 0.717) is 31.3 Å². The molecular weight excluding hydrogens is 360 g/mol. The largest absolute Gasteiger partial charge is 0.378 e. The van der Waals surface area contributed by atoms with Crippen LogP contribution in [0.3, 0.4) is 0 Å². The third-order valence-corrected chi connectivity index (χ3v) is 4.92. The summed E-state index contributed by atoms with van der Waals surface area (Å²) in [5.74, 6) is -0.370. The van der Waals surface area contributed by atoms with Crippen LogP contribution in [0.25, 0.3) is 0 Å². The summed E-state index contributed by atoms with van der Waals surface area (Å²) < 4.78 is 27.1. The van der Waals surface area contributed by atoms with Crippen LogP contribution in [0.5, 0.6) is 0 Å². The monoisotopic (exact) mass is 387 g/mol. The van der Waals surface area contributed by atoms with Crippen LogP contribution in [0, 0.1) is 11.6 Å². The maximum absolute atomic E-state index is 14.0. The average Bonchev–Trinajstić information content (AvgIpc) is 3.13. The predicted molar refractivity (Wildman–Crippen MR) is 111 cm³/mol. The minimum atomic E-state index is -0.557. The molecule has 1 unspecified atom stereocenters. The summed E-state index contributed by atoms with van der Waals surface area (Å²) in [7, 11) is 5.76. The molecule has 2 N–H and O–H groups in total. The molecule has 2 aromatic rings. The lowest BCUT2D eigenvalue weighted by molar-refractivity contribution is 0.580. The van der Waals surface area contributed by atoms with Crippen LogP contribution in [-0.2, 0) is 6.54 Å². The van der Waals surface area contributed by atoms with Gasteiger partial charge in [-0.2, -0.15) is 0 Å². The van der Waals surface area contributed by atoms with E-state index in [0.717, 1.165) is 23.7 Å². The molecule has 1 saturated heterocycles. The Kier molecular flexibility index (Phi) is 6.34. The van der Waals surface area contributed by atoms with Gasteiger partial charge in [-0.1, -0.05) is 12.1 Å². The Labute approximate surface area is 165 Å². The van der Waals surface area contributed by atoms with E-state index in [1.165, 1.54) is 12.1 Å². The molecule has 0 amide bonds. The summed E-state index contributed by atoms with van der Waals surface area (Å²) in [5, 5.41) is 6.71. The van der Waals surface area contributed by atoms with Gasteiger partial charge in [0.05, 0.1) is 5.69 Å². The molecule has 2 aromatic carbocycles. The van der Waals surface area contributed by atoms with Crippen molar-refractivity contribution in [1.82, 2.24) is 10.6 Å². The highest BCUT2D eigenvalue weighted by Crippen LogP contribution is 2.24. The fourth-order valence-electron chi connectivity index (χ4n) is 3.32. The lowest BCUT2D eigenvalue weighted by atomic mass is 10.2. The van der Waals surface area contributed by atoms with Gasteiger partial charge in [0.1, 0.15) is 11.6 Å². The van der Waals surface area contributed by atoms with Crippen molar-refractivity contribution in [3.63, 3.8) is 0 Å². The molecule has 7 heteroatoms. The van der Waals surface area contributed by atoms with E-state index < -0.39 is 11.6 Å². The van der Waals surface area contributed by atoms with Crippen molar-refractivity contribution in [3.8, 4) is 0 Å². The number of anilines is 2. The first-order valence-electron chi connectivity index (χ1n) is 9.39. The molecule has 3 rings (SSSR count). The van der Waals surface area contributed by atoms with Gasteiger partial charge in [0.25, 0.3) is 0 Å². The lowest BCUT2D eigenvalue weighted by Crippen LogP contribution is -2.44. The number of hydrogen-bond acceptors (Lipinski definition) is 3. The van der Waals surface area contributed by atoms with E-state index in [9.17, 15) is 8.78 Å². The van der Waals surface area contributed by atoms with Gasteiger partial charge in [-0.05, 0) is 36.2 Å². The van der Waals surface area contributed by atoms with Crippen LogP contribution in [-0.4, -0.2) is 46.2 Å². The third kappa shape index (κ3) is 4.91. The molecule has 0 radical (unpaired) electrons. The summed E-state index contributed by atoms with van der Waals surface area (Å²) in [6, 6.07) is 12.2. The molecule has 1 fully saturated rings. The maximum atomic E-state index is 14.0. The molecule has 0 saturated carbocycles. The molecule has 0 aliphatic carbocycles. The molecular formula is C21H27F2N5. The highest BCUT2D eigenvalue weighted by molar-refractivity contribution is 5.80. The Bertz CT molecular complexity index is 820. The highest BCUT2D eigenvalue weighted by Gasteiger charge is 2.25. The topological polar surface area (TPSA) is 42.9 Å². The maximum Gasteiger partial charge on any atom is 0.191 e. The Morgan fingerprint density at radius 3 is 2.57 bits per heavy atom. The van der Waals surface area contributed by atoms with Crippen LogP contribution in [0.1, 0.15) is 12.0 Å². The van der Waals surface area contributed by atoms with Crippen molar-refractivity contribution in [1.29, 1.82) is 0 Å². The fraction of sp³-hybridized carbons (Fsp3) is 0.381. The molecule has 150 valence electrons. The van der Waals surface area contributed by atoms with Crippen LogP contribution in [0.2, 0.25) is 0 Å². The van der Waals surface area contributed by atoms with Crippen molar-refractivity contribution < 1.29 is 8.78 Å².